The molecule has 0 bridgehead atoms. The molecular formula is C24H23N3O2S. The number of hydrogen-bond donors (Lipinski definition) is 2. The van der Waals surface area contributed by atoms with Gasteiger partial charge in [-0.15, -0.1) is 0 Å². The summed E-state index contributed by atoms with van der Waals surface area (Å²) in [6, 6.07) is 24.1. The lowest BCUT2D eigenvalue weighted by Gasteiger charge is -2.18. The number of hydrogen-bond acceptors (Lipinski definition) is 3. The number of anilines is 1. The first-order valence-corrected chi connectivity index (χ1v) is 9.92. The Kier molecular flexibility index (Phi) is 6.93. The monoisotopic (exact) mass is 417 g/mol. The molecule has 0 aliphatic rings. The van der Waals surface area contributed by atoms with Gasteiger partial charge < -0.3 is 10.2 Å². The summed E-state index contributed by atoms with van der Waals surface area (Å²) in [5.41, 5.74) is 3.65. The molecule has 0 saturated carbocycles. The zero-order valence-electron chi connectivity index (χ0n) is 16.9. The Balaban J connectivity index is 1.63. The predicted octanol–water partition coefficient (Wildman–Crippen LogP) is 4.39. The molecule has 0 atom stereocenters. The van der Waals surface area contributed by atoms with Crippen LogP contribution in [-0.4, -0.2) is 28.9 Å². The number of thiocarbonyl (C=S) groups is 1. The molecule has 3 aromatic carbocycles. The molecule has 152 valence electrons. The molecule has 3 rings (SSSR count). The highest BCUT2D eigenvalue weighted by Crippen LogP contribution is 2.14. The van der Waals surface area contributed by atoms with Crippen molar-refractivity contribution in [3.05, 3.63) is 101 Å². The van der Waals surface area contributed by atoms with Crippen LogP contribution >= 0.6 is 12.2 Å². The van der Waals surface area contributed by atoms with Crippen molar-refractivity contribution in [3.8, 4) is 0 Å². The van der Waals surface area contributed by atoms with Crippen LogP contribution in [0.2, 0.25) is 0 Å². The van der Waals surface area contributed by atoms with Gasteiger partial charge in [-0.25, -0.2) is 0 Å². The van der Waals surface area contributed by atoms with Crippen LogP contribution in [0, 0.1) is 6.92 Å². The molecule has 0 saturated heterocycles. The Bertz CT molecular complexity index is 1070. The van der Waals surface area contributed by atoms with Crippen LogP contribution < -0.4 is 10.6 Å². The molecular weight excluding hydrogens is 394 g/mol. The van der Waals surface area contributed by atoms with Gasteiger partial charge >= 0.3 is 0 Å². The molecule has 0 aromatic heterocycles. The van der Waals surface area contributed by atoms with Crippen molar-refractivity contribution in [1.82, 2.24) is 10.2 Å². The van der Waals surface area contributed by atoms with E-state index in [1.165, 1.54) is 0 Å². The minimum Gasteiger partial charge on any atom is -0.337 e. The number of amides is 2. The average molecular weight is 418 g/mol. The second-order valence-electron chi connectivity index (χ2n) is 6.95. The summed E-state index contributed by atoms with van der Waals surface area (Å²) in [5, 5.41) is 5.82. The van der Waals surface area contributed by atoms with E-state index in [1.807, 2.05) is 49.4 Å². The van der Waals surface area contributed by atoms with Gasteiger partial charge in [0.2, 0.25) is 0 Å². The molecule has 3 aromatic rings. The van der Waals surface area contributed by atoms with Crippen molar-refractivity contribution in [1.29, 1.82) is 0 Å². The van der Waals surface area contributed by atoms with Gasteiger partial charge in [-0.1, -0.05) is 54.6 Å². The largest absolute Gasteiger partial charge is 0.337 e. The summed E-state index contributed by atoms with van der Waals surface area (Å²) in [4.78, 5) is 26.8. The van der Waals surface area contributed by atoms with E-state index in [-0.39, 0.29) is 16.9 Å². The third-order valence-corrected chi connectivity index (χ3v) is 4.80. The zero-order chi connectivity index (χ0) is 21.5. The number of nitrogens with zero attached hydrogens (tertiary/aromatic N) is 1. The van der Waals surface area contributed by atoms with Crippen LogP contribution in [0.4, 0.5) is 5.69 Å². The second-order valence-corrected chi connectivity index (χ2v) is 7.36. The molecule has 2 amide bonds. The quantitative estimate of drug-likeness (QED) is 0.605. The number of carbonyl (C=O) groups is 2. The Hall–Kier alpha value is -3.51. The number of benzene rings is 3. The fourth-order valence-corrected chi connectivity index (χ4v) is 3.25. The second kappa shape index (κ2) is 9.80. The maximum absolute atomic E-state index is 12.8. The van der Waals surface area contributed by atoms with Gasteiger partial charge in [0.15, 0.2) is 5.11 Å². The highest BCUT2D eigenvalue weighted by atomic mass is 32.1. The molecule has 6 heteroatoms. The standard InChI is InChI=1S/C24H23N3O2S/c1-17-9-6-7-14-21(17)22(28)26-24(30)25-20-13-8-12-19(15-20)23(29)27(2)16-18-10-4-3-5-11-18/h3-15H,16H2,1-2H3,(H2,25,26,28,30). The molecule has 0 radical (unpaired) electrons. The third kappa shape index (κ3) is 5.52. The van der Waals surface area contributed by atoms with Crippen LogP contribution in [0.15, 0.2) is 78.9 Å². The van der Waals surface area contributed by atoms with E-state index >= 15 is 0 Å². The molecule has 0 spiro atoms. The first-order valence-electron chi connectivity index (χ1n) is 9.51. The Labute approximate surface area is 181 Å². The first kappa shape index (κ1) is 21.2. The maximum atomic E-state index is 12.8. The van der Waals surface area contributed by atoms with Crippen LogP contribution in [0.3, 0.4) is 0 Å². The lowest BCUT2D eigenvalue weighted by molar-refractivity contribution is 0.0785. The normalized spacial score (nSPS) is 10.2. The number of aryl methyl sites for hydroxylation is 1. The number of carbonyl (C=O) groups excluding carboxylic acids is 2. The minimum absolute atomic E-state index is 0.0997. The van der Waals surface area contributed by atoms with Crippen molar-refractivity contribution < 1.29 is 9.59 Å². The molecule has 0 fully saturated rings. The molecule has 0 heterocycles. The van der Waals surface area contributed by atoms with Crippen LogP contribution in [-0.2, 0) is 6.54 Å². The predicted molar refractivity (Wildman–Crippen MR) is 124 cm³/mol. The molecule has 0 aliphatic heterocycles. The highest BCUT2D eigenvalue weighted by Gasteiger charge is 2.14. The summed E-state index contributed by atoms with van der Waals surface area (Å²) in [7, 11) is 1.77. The SMILES string of the molecule is Cc1ccccc1C(=O)NC(=S)Nc1cccc(C(=O)N(C)Cc2ccccc2)c1. The van der Waals surface area contributed by atoms with Gasteiger partial charge in [-0.3, -0.25) is 14.9 Å². The number of nitrogens with one attached hydrogen (secondary N) is 2. The zero-order valence-corrected chi connectivity index (χ0v) is 17.7. The van der Waals surface area contributed by atoms with Crippen molar-refractivity contribution in [3.63, 3.8) is 0 Å². The van der Waals surface area contributed by atoms with E-state index in [0.717, 1.165) is 11.1 Å². The third-order valence-electron chi connectivity index (χ3n) is 4.59. The lowest BCUT2D eigenvalue weighted by atomic mass is 10.1. The van der Waals surface area contributed by atoms with Gasteiger partial charge in [0, 0.05) is 30.4 Å². The molecule has 0 unspecified atom stereocenters. The van der Waals surface area contributed by atoms with Crippen LogP contribution in [0.25, 0.3) is 0 Å². The lowest BCUT2D eigenvalue weighted by Crippen LogP contribution is -2.34. The molecule has 30 heavy (non-hydrogen) atoms. The Morgan fingerprint density at radius 1 is 0.933 bits per heavy atom. The highest BCUT2D eigenvalue weighted by molar-refractivity contribution is 7.80. The van der Waals surface area contributed by atoms with E-state index in [0.29, 0.717) is 23.4 Å². The fraction of sp³-hybridized carbons (Fsp3) is 0.125. The Morgan fingerprint density at radius 2 is 1.63 bits per heavy atom. The van der Waals surface area contributed by atoms with E-state index in [1.54, 1.807) is 48.3 Å². The van der Waals surface area contributed by atoms with Crippen molar-refractivity contribution in [2.24, 2.45) is 0 Å². The van der Waals surface area contributed by atoms with Crippen LogP contribution in [0.1, 0.15) is 31.8 Å². The molecule has 5 nitrogen and oxygen atoms in total. The summed E-state index contributed by atoms with van der Waals surface area (Å²) in [5.74, 6) is -0.377. The summed E-state index contributed by atoms with van der Waals surface area (Å²) < 4.78 is 0. The van der Waals surface area contributed by atoms with Gasteiger partial charge in [-0.05, 0) is 54.5 Å². The number of rotatable bonds is 5. The molecule has 0 aliphatic carbocycles. The van der Waals surface area contributed by atoms with Gasteiger partial charge in [0.05, 0.1) is 0 Å². The van der Waals surface area contributed by atoms with Crippen molar-refractivity contribution in [2.45, 2.75) is 13.5 Å². The van der Waals surface area contributed by atoms with E-state index in [9.17, 15) is 9.59 Å². The van der Waals surface area contributed by atoms with Gasteiger partial charge in [-0.2, -0.15) is 0 Å². The van der Waals surface area contributed by atoms with E-state index in [2.05, 4.69) is 10.6 Å². The fourth-order valence-electron chi connectivity index (χ4n) is 3.04. The minimum atomic E-state index is -0.277. The summed E-state index contributed by atoms with van der Waals surface area (Å²) in [6.45, 7) is 2.38. The van der Waals surface area contributed by atoms with E-state index in [4.69, 9.17) is 12.2 Å². The first-order chi connectivity index (χ1) is 14.4. The van der Waals surface area contributed by atoms with Gasteiger partial charge in [0.1, 0.15) is 0 Å². The average Bonchev–Trinajstić information content (AvgIpc) is 2.74. The topological polar surface area (TPSA) is 61.4 Å². The smallest absolute Gasteiger partial charge is 0.257 e. The summed E-state index contributed by atoms with van der Waals surface area (Å²) in [6.07, 6.45) is 0. The molecule has 2 N–H and O–H groups in total. The van der Waals surface area contributed by atoms with Crippen molar-refractivity contribution in [2.75, 3.05) is 12.4 Å². The van der Waals surface area contributed by atoms with Gasteiger partial charge in [0.25, 0.3) is 11.8 Å². The van der Waals surface area contributed by atoms with E-state index < -0.39 is 0 Å². The summed E-state index contributed by atoms with van der Waals surface area (Å²) >= 11 is 5.26. The Morgan fingerprint density at radius 3 is 2.37 bits per heavy atom. The maximum Gasteiger partial charge on any atom is 0.257 e. The van der Waals surface area contributed by atoms with Crippen LogP contribution in [0.5, 0.6) is 0 Å². The van der Waals surface area contributed by atoms with Crippen molar-refractivity contribution >= 4 is 34.8 Å².